The highest BCUT2D eigenvalue weighted by Crippen LogP contribution is 2.17. The monoisotopic (exact) mass is 319 g/mol. The SMILES string of the molecule is COCCOCCCCn1c(CO)nnc1SCC(=O)O. The van der Waals surface area contributed by atoms with Crippen molar-refractivity contribution in [3.05, 3.63) is 5.82 Å². The number of hydrogen-bond donors (Lipinski definition) is 2. The average molecular weight is 319 g/mol. The molecule has 0 saturated heterocycles. The fourth-order valence-corrected chi connectivity index (χ4v) is 2.32. The molecule has 0 fully saturated rings. The van der Waals surface area contributed by atoms with Crippen LogP contribution < -0.4 is 0 Å². The first-order valence-electron chi connectivity index (χ1n) is 6.63. The Bertz CT molecular complexity index is 427. The second-order valence-corrected chi connectivity index (χ2v) is 5.15. The van der Waals surface area contributed by atoms with Gasteiger partial charge >= 0.3 is 5.97 Å². The summed E-state index contributed by atoms with van der Waals surface area (Å²) < 4.78 is 12.0. The fraction of sp³-hybridized carbons (Fsp3) is 0.750. The van der Waals surface area contributed by atoms with Gasteiger partial charge in [0, 0.05) is 20.3 Å². The first-order valence-corrected chi connectivity index (χ1v) is 7.61. The van der Waals surface area contributed by atoms with Gasteiger partial charge in [0.1, 0.15) is 6.61 Å². The van der Waals surface area contributed by atoms with Crippen LogP contribution in [0.25, 0.3) is 0 Å². The quantitative estimate of drug-likeness (QED) is 0.421. The molecule has 0 aliphatic rings. The molecule has 8 nitrogen and oxygen atoms in total. The number of ether oxygens (including phenoxy) is 2. The van der Waals surface area contributed by atoms with Crippen molar-refractivity contribution in [1.29, 1.82) is 0 Å². The van der Waals surface area contributed by atoms with Crippen molar-refractivity contribution in [2.45, 2.75) is 31.1 Å². The molecule has 0 aliphatic carbocycles. The van der Waals surface area contributed by atoms with Gasteiger partial charge in [-0.25, -0.2) is 0 Å². The number of aliphatic hydroxyl groups excluding tert-OH is 1. The lowest BCUT2D eigenvalue weighted by molar-refractivity contribution is -0.133. The van der Waals surface area contributed by atoms with E-state index < -0.39 is 5.97 Å². The molecule has 0 radical (unpaired) electrons. The third kappa shape index (κ3) is 6.89. The zero-order chi connectivity index (χ0) is 15.5. The third-order valence-electron chi connectivity index (χ3n) is 2.61. The van der Waals surface area contributed by atoms with Crippen molar-refractivity contribution in [2.75, 3.05) is 32.7 Å². The molecule has 0 aliphatic heterocycles. The first kappa shape index (κ1) is 17.9. The number of aliphatic carboxylic acids is 1. The van der Waals surface area contributed by atoms with E-state index in [1.54, 1.807) is 11.7 Å². The Kier molecular flexibility index (Phi) is 8.99. The number of aromatic nitrogens is 3. The number of unbranched alkanes of at least 4 members (excludes halogenated alkanes) is 1. The number of methoxy groups -OCH3 is 1. The summed E-state index contributed by atoms with van der Waals surface area (Å²) in [4.78, 5) is 10.6. The molecule has 1 aromatic heterocycles. The van der Waals surface area contributed by atoms with E-state index in [1.807, 2.05) is 0 Å². The molecule has 1 rings (SSSR count). The van der Waals surface area contributed by atoms with Gasteiger partial charge in [-0.15, -0.1) is 10.2 Å². The minimum Gasteiger partial charge on any atom is -0.481 e. The second kappa shape index (κ2) is 10.6. The Hall–Kier alpha value is -1.16. The summed E-state index contributed by atoms with van der Waals surface area (Å²) in [5.74, 6) is -0.543. The zero-order valence-electron chi connectivity index (χ0n) is 12.0. The van der Waals surface area contributed by atoms with Gasteiger partial charge in [0.05, 0.1) is 19.0 Å². The summed E-state index contributed by atoms with van der Waals surface area (Å²) in [6.07, 6.45) is 1.69. The van der Waals surface area contributed by atoms with Gasteiger partial charge in [0.15, 0.2) is 11.0 Å². The molecule has 0 saturated carbocycles. The van der Waals surface area contributed by atoms with Crippen molar-refractivity contribution in [3.8, 4) is 0 Å². The maximum absolute atomic E-state index is 10.6. The molecule has 0 amide bonds. The van der Waals surface area contributed by atoms with Crippen LogP contribution >= 0.6 is 11.8 Å². The van der Waals surface area contributed by atoms with E-state index in [1.165, 1.54) is 0 Å². The molecule has 0 bridgehead atoms. The lowest BCUT2D eigenvalue weighted by Gasteiger charge is -2.08. The number of carbonyl (C=O) groups is 1. The Morgan fingerprint density at radius 3 is 2.76 bits per heavy atom. The Balaban J connectivity index is 2.37. The highest BCUT2D eigenvalue weighted by molar-refractivity contribution is 7.99. The van der Waals surface area contributed by atoms with E-state index in [0.717, 1.165) is 24.6 Å². The van der Waals surface area contributed by atoms with Crippen LogP contribution in [0.1, 0.15) is 18.7 Å². The molecule has 120 valence electrons. The van der Waals surface area contributed by atoms with E-state index in [9.17, 15) is 9.90 Å². The minimum atomic E-state index is -0.911. The number of aliphatic hydroxyl groups is 1. The second-order valence-electron chi connectivity index (χ2n) is 4.20. The molecule has 0 spiro atoms. The van der Waals surface area contributed by atoms with Crippen molar-refractivity contribution in [1.82, 2.24) is 14.8 Å². The van der Waals surface area contributed by atoms with Crippen LogP contribution in [0.15, 0.2) is 5.16 Å². The maximum atomic E-state index is 10.6. The van der Waals surface area contributed by atoms with Crippen LogP contribution in [-0.2, 0) is 27.4 Å². The van der Waals surface area contributed by atoms with Gasteiger partial charge in [-0.2, -0.15) is 0 Å². The van der Waals surface area contributed by atoms with Gasteiger partial charge in [0.25, 0.3) is 0 Å². The van der Waals surface area contributed by atoms with E-state index >= 15 is 0 Å². The molecule has 1 aromatic rings. The third-order valence-corrected chi connectivity index (χ3v) is 3.56. The van der Waals surface area contributed by atoms with Crippen LogP contribution in [0.5, 0.6) is 0 Å². The van der Waals surface area contributed by atoms with E-state index in [2.05, 4.69) is 10.2 Å². The van der Waals surface area contributed by atoms with Crippen LogP contribution in [0, 0.1) is 0 Å². The number of thioether (sulfide) groups is 1. The standard InChI is InChI=1S/C12H21N3O5S/c1-19-6-7-20-5-3-2-4-15-10(8-16)13-14-12(15)21-9-11(17)18/h16H,2-9H2,1H3,(H,17,18). The van der Waals surface area contributed by atoms with E-state index in [0.29, 0.717) is 37.3 Å². The Morgan fingerprint density at radius 2 is 2.10 bits per heavy atom. The maximum Gasteiger partial charge on any atom is 0.313 e. The Morgan fingerprint density at radius 1 is 1.29 bits per heavy atom. The molecule has 0 atom stereocenters. The lowest BCUT2D eigenvalue weighted by atomic mass is 10.3. The number of nitrogens with zero attached hydrogens (tertiary/aromatic N) is 3. The molecule has 1 heterocycles. The zero-order valence-corrected chi connectivity index (χ0v) is 12.8. The Labute approximate surface area is 127 Å². The minimum absolute atomic E-state index is 0.0797. The molecule has 21 heavy (non-hydrogen) atoms. The number of carboxylic acid groups (broad SMARTS) is 1. The average Bonchev–Trinajstić information content (AvgIpc) is 2.86. The predicted molar refractivity (Wildman–Crippen MR) is 76.2 cm³/mol. The van der Waals surface area contributed by atoms with Crippen molar-refractivity contribution in [3.63, 3.8) is 0 Å². The number of rotatable bonds is 12. The summed E-state index contributed by atoms with van der Waals surface area (Å²) in [5, 5.41) is 26.2. The molecule has 0 aromatic carbocycles. The van der Waals surface area contributed by atoms with Crippen molar-refractivity contribution < 1.29 is 24.5 Å². The molecule has 2 N–H and O–H groups in total. The van der Waals surface area contributed by atoms with E-state index in [4.69, 9.17) is 14.6 Å². The number of carboxylic acids is 1. The summed E-state index contributed by atoms with van der Waals surface area (Å²) in [6.45, 7) is 2.20. The van der Waals surface area contributed by atoms with Crippen LogP contribution in [-0.4, -0.2) is 63.6 Å². The topological polar surface area (TPSA) is 107 Å². The van der Waals surface area contributed by atoms with Gasteiger partial charge in [-0.1, -0.05) is 11.8 Å². The molecular formula is C12H21N3O5S. The summed E-state index contributed by atoms with van der Waals surface area (Å²) in [5.41, 5.74) is 0. The molecule has 0 unspecified atom stereocenters. The lowest BCUT2D eigenvalue weighted by Crippen LogP contribution is -2.08. The van der Waals surface area contributed by atoms with Gasteiger partial charge < -0.3 is 24.3 Å². The molecule has 9 heteroatoms. The molecular weight excluding hydrogens is 298 g/mol. The number of hydrogen-bond acceptors (Lipinski definition) is 7. The summed E-state index contributed by atoms with van der Waals surface area (Å²) in [6, 6.07) is 0. The van der Waals surface area contributed by atoms with Crippen LogP contribution in [0.4, 0.5) is 0 Å². The fourth-order valence-electron chi connectivity index (χ4n) is 1.61. The predicted octanol–water partition coefficient (Wildman–Crippen LogP) is 0.390. The summed E-state index contributed by atoms with van der Waals surface area (Å²) in [7, 11) is 1.63. The smallest absolute Gasteiger partial charge is 0.313 e. The van der Waals surface area contributed by atoms with E-state index in [-0.39, 0.29) is 12.4 Å². The van der Waals surface area contributed by atoms with Gasteiger partial charge in [-0.05, 0) is 12.8 Å². The van der Waals surface area contributed by atoms with Crippen LogP contribution in [0.3, 0.4) is 0 Å². The van der Waals surface area contributed by atoms with Gasteiger partial charge in [0.2, 0.25) is 0 Å². The first-order chi connectivity index (χ1) is 10.2. The van der Waals surface area contributed by atoms with Crippen LogP contribution in [0.2, 0.25) is 0 Å². The normalized spacial score (nSPS) is 11.0. The van der Waals surface area contributed by atoms with Gasteiger partial charge in [-0.3, -0.25) is 4.79 Å². The summed E-state index contributed by atoms with van der Waals surface area (Å²) >= 11 is 1.10. The highest BCUT2D eigenvalue weighted by Gasteiger charge is 2.12. The highest BCUT2D eigenvalue weighted by atomic mass is 32.2. The van der Waals surface area contributed by atoms with Crippen molar-refractivity contribution in [2.24, 2.45) is 0 Å². The largest absolute Gasteiger partial charge is 0.481 e. The van der Waals surface area contributed by atoms with Crippen molar-refractivity contribution >= 4 is 17.7 Å².